The number of pyridine rings is 1. The van der Waals surface area contributed by atoms with Gasteiger partial charge in [0.2, 0.25) is 5.91 Å². The number of aliphatic hydroxyl groups excluding tert-OH is 1. The molecule has 1 aromatic heterocycles. The van der Waals surface area contributed by atoms with Crippen molar-refractivity contribution >= 4 is 23.5 Å². The van der Waals surface area contributed by atoms with Gasteiger partial charge in [0.15, 0.2) is 0 Å². The predicted octanol–water partition coefficient (Wildman–Crippen LogP) is 3.28. The van der Waals surface area contributed by atoms with E-state index < -0.39 is 0 Å². The van der Waals surface area contributed by atoms with E-state index in [4.69, 9.17) is 4.98 Å². The highest BCUT2D eigenvalue weighted by Gasteiger charge is 2.25. The minimum atomic E-state index is -0.316. The Bertz CT molecular complexity index is 1050. The van der Waals surface area contributed by atoms with Crippen molar-refractivity contribution in [3.05, 3.63) is 52.1 Å². The van der Waals surface area contributed by atoms with Gasteiger partial charge in [0, 0.05) is 32.3 Å². The average molecular weight is 450 g/mol. The van der Waals surface area contributed by atoms with Crippen LogP contribution < -0.4 is 10.2 Å². The maximum Gasteiger partial charge on any atom is 0.217 e. The first-order chi connectivity index (χ1) is 15.5. The highest BCUT2D eigenvalue weighted by Crippen LogP contribution is 2.34. The molecule has 3 rings (SSSR count). The van der Waals surface area contributed by atoms with Crippen molar-refractivity contribution in [1.82, 2.24) is 10.3 Å². The minimum absolute atomic E-state index is 0.0636. The van der Waals surface area contributed by atoms with Crippen LogP contribution in [0.1, 0.15) is 54.5 Å². The number of nitrogens with zero attached hydrogens (tertiary/aromatic N) is 4. The van der Waals surface area contributed by atoms with E-state index in [1.54, 1.807) is 0 Å². The van der Waals surface area contributed by atoms with Crippen LogP contribution in [0.25, 0.3) is 0 Å². The van der Waals surface area contributed by atoms with Gasteiger partial charge in [0.25, 0.3) is 0 Å². The van der Waals surface area contributed by atoms with Crippen molar-refractivity contribution in [2.24, 2.45) is 0 Å². The molecule has 32 heavy (non-hydrogen) atoms. The Hall–Kier alpha value is -3.07. The number of aromatic nitrogens is 1. The van der Waals surface area contributed by atoms with Crippen LogP contribution in [0.4, 0.5) is 5.82 Å². The van der Waals surface area contributed by atoms with Gasteiger partial charge in [-0.05, 0) is 36.0 Å². The summed E-state index contributed by atoms with van der Waals surface area (Å²) in [4.78, 5) is 17.9. The first kappa shape index (κ1) is 23.6. The van der Waals surface area contributed by atoms with Gasteiger partial charge in [-0.1, -0.05) is 31.2 Å². The maximum atomic E-state index is 11.1. The maximum absolute atomic E-state index is 11.1. The van der Waals surface area contributed by atoms with Crippen molar-refractivity contribution in [3.63, 3.8) is 0 Å². The van der Waals surface area contributed by atoms with Crippen LogP contribution in [0.5, 0.6) is 0 Å². The SMILES string of the molecule is CCc1c(C#N)c(SCc2ccc(CNC(C)=O)cc2)nc(N2CCC(O)CC2)c1C#N. The fourth-order valence-electron chi connectivity index (χ4n) is 3.73. The first-order valence-corrected chi connectivity index (χ1v) is 11.7. The van der Waals surface area contributed by atoms with Crippen molar-refractivity contribution in [2.75, 3.05) is 18.0 Å². The van der Waals surface area contributed by atoms with Gasteiger partial charge in [-0.25, -0.2) is 4.98 Å². The molecule has 0 spiro atoms. The zero-order valence-corrected chi connectivity index (χ0v) is 19.2. The molecule has 1 aliphatic heterocycles. The molecule has 0 bridgehead atoms. The topological polar surface area (TPSA) is 113 Å². The number of anilines is 1. The van der Waals surface area contributed by atoms with E-state index in [-0.39, 0.29) is 12.0 Å². The molecular weight excluding hydrogens is 422 g/mol. The lowest BCUT2D eigenvalue weighted by molar-refractivity contribution is -0.119. The van der Waals surface area contributed by atoms with E-state index in [0.29, 0.717) is 66.6 Å². The third kappa shape index (κ3) is 5.59. The van der Waals surface area contributed by atoms with E-state index in [2.05, 4.69) is 17.5 Å². The number of carbonyl (C=O) groups excluding carboxylic acids is 1. The summed E-state index contributed by atoms with van der Waals surface area (Å²) in [6.07, 6.45) is 1.54. The Morgan fingerprint density at radius 3 is 2.38 bits per heavy atom. The number of rotatable bonds is 7. The molecule has 1 aromatic carbocycles. The molecule has 2 N–H and O–H groups in total. The molecule has 2 heterocycles. The van der Waals surface area contributed by atoms with Crippen LogP contribution in [0.2, 0.25) is 0 Å². The standard InChI is InChI=1S/C24H27N5O2S/c1-3-20-21(12-25)23(29-10-8-19(31)9-11-29)28-24(22(20)13-26)32-15-18-6-4-17(5-7-18)14-27-16(2)30/h4-7,19,31H,3,8-11,14-15H2,1-2H3,(H,27,30). The quantitative estimate of drug-likeness (QED) is 0.624. The van der Waals surface area contributed by atoms with Gasteiger partial charge in [-0.15, -0.1) is 11.8 Å². The van der Waals surface area contributed by atoms with Crippen LogP contribution in [-0.2, 0) is 23.5 Å². The number of piperidine rings is 1. The third-order valence-electron chi connectivity index (χ3n) is 5.53. The Balaban J connectivity index is 1.85. The predicted molar refractivity (Wildman–Crippen MR) is 124 cm³/mol. The highest BCUT2D eigenvalue weighted by atomic mass is 32.2. The molecule has 1 aliphatic rings. The molecule has 8 heteroatoms. The molecule has 1 fully saturated rings. The zero-order chi connectivity index (χ0) is 23.1. The molecule has 0 saturated carbocycles. The fraction of sp³-hybridized carbons (Fsp3) is 0.417. The Kier molecular flexibility index (Phi) is 8.10. The van der Waals surface area contributed by atoms with Crippen LogP contribution >= 0.6 is 11.8 Å². The summed E-state index contributed by atoms with van der Waals surface area (Å²) in [5, 5.41) is 32.9. The fourth-order valence-corrected chi connectivity index (χ4v) is 4.69. The second kappa shape index (κ2) is 11.0. The minimum Gasteiger partial charge on any atom is -0.393 e. The number of nitrogens with one attached hydrogen (secondary N) is 1. The van der Waals surface area contributed by atoms with Gasteiger partial charge in [-0.3, -0.25) is 4.79 Å². The highest BCUT2D eigenvalue weighted by molar-refractivity contribution is 7.98. The number of amides is 1. The van der Waals surface area contributed by atoms with Crippen molar-refractivity contribution in [1.29, 1.82) is 10.5 Å². The van der Waals surface area contributed by atoms with E-state index in [9.17, 15) is 20.4 Å². The molecule has 0 aliphatic carbocycles. The summed E-state index contributed by atoms with van der Waals surface area (Å²) >= 11 is 1.49. The molecule has 1 saturated heterocycles. The molecule has 1 amide bonds. The van der Waals surface area contributed by atoms with E-state index in [1.807, 2.05) is 36.1 Å². The van der Waals surface area contributed by atoms with Gasteiger partial charge in [-0.2, -0.15) is 10.5 Å². The zero-order valence-electron chi connectivity index (χ0n) is 18.4. The smallest absolute Gasteiger partial charge is 0.217 e. The molecule has 2 aromatic rings. The van der Waals surface area contributed by atoms with Gasteiger partial charge >= 0.3 is 0 Å². The number of thioether (sulfide) groups is 1. The number of hydrogen-bond donors (Lipinski definition) is 2. The lowest BCUT2D eigenvalue weighted by Gasteiger charge is -2.32. The van der Waals surface area contributed by atoms with E-state index >= 15 is 0 Å². The van der Waals surface area contributed by atoms with Crippen molar-refractivity contribution in [3.8, 4) is 12.1 Å². The number of benzene rings is 1. The van der Waals surface area contributed by atoms with Crippen LogP contribution in [0.3, 0.4) is 0 Å². The summed E-state index contributed by atoms with van der Waals surface area (Å²) in [7, 11) is 0. The summed E-state index contributed by atoms with van der Waals surface area (Å²) < 4.78 is 0. The average Bonchev–Trinajstić information content (AvgIpc) is 2.81. The molecular formula is C24H27N5O2S. The normalized spacial score (nSPS) is 14.0. The monoisotopic (exact) mass is 449 g/mol. The number of nitriles is 2. The summed E-state index contributed by atoms with van der Waals surface area (Å²) in [6.45, 7) is 5.21. The van der Waals surface area contributed by atoms with Gasteiger partial charge in [0.05, 0.1) is 17.2 Å². The Morgan fingerprint density at radius 1 is 1.19 bits per heavy atom. The molecule has 166 valence electrons. The van der Waals surface area contributed by atoms with Crippen LogP contribution in [0, 0.1) is 22.7 Å². The van der Waals surface area contributed by atoms with Crippen molar-refractivity contribution < 1.29 is 9.90 Å². The van der Waals surface area contributed by atoms with E-state index in [0.717, 1.165) is 16.7 Å². The summed E-state index contributed by atoms with van der Waals surface area (Å²) in [5.74, 6) is 1.18. The second-order valence-electron chi connectivity index (χ2n) is 7.78. The molecule has 0 radical (unpaired) electrons. The Morgan fingerprint density at radius 2 is 1.81 bits per heavy atom. The van der Waals surface area contributed by atoms with E-state index in [1.165, 1.54) is 18.7 Å². The lowest BCUT2D eigenvalue weighted by Crippen LogP contribution is -2.37. The van der Waals surface area contributed by atoms with Gasteiger partial charge < -0.3 is 15.3 Å². The number of hydrogen-bond acceptors (Lipinski definition) is 7. The molecule has 0 unspecified atom stereocenters. The van der Waals surface area contributed by atoms with Crippen molar-refractivity contribution in [2.45, 2.75) is 56.5 Å². The number of aliphatic hydroxyl groups is 1. The van der Waals surface area contributed by atoms with Crippen LogP contribution in [-0.4, -0.2) is 35.2 Å². The first-order valence-electron chi connectivity index (χ1n) is 10.7. The summed E-state index contributed by atoms with van der Waals surface area (Å²) in [5.41, 5.74) is 3.77. The number of carbonyl (C=O) groups is 1. The third-order valence-corrected chi connectivity index (χ3v) is 6.58. The van der Waals surface area contributed by atoms with Gasteiger partial charge in [0.1, 0.15) is 23.0 Å². The molecule has 7 nitrogen and oxygen atoms in total. The molecule has 0 atom stereocenters. The summed E-state index contributed by atoms with van der Waals surface area (Å²) in [6, 6.07) is 12.5. The Labute approximate surface area is 193 Å². The largest absolute Gasteiger partial charge is 0.393 e. The van der Waals surface area contributed by atoms with Crippen LogP contribution in [0.15, 0.2) is 29.3 Å². The second-order valence-corrected chi connectivity index (χ2v) is 8.74. The lowest BCUT2D eigenvalue weighted by atomic mass is 10.0.